The minimum Gasteiger partial charge on any atom is -0.478 e. The number of nitrogens with one attached hydrogen (secondary N) is 1. The molecule has 0 spiro atoms. The highest BCUT2D eigenvalue weighted by Crippen LogP contribution is 2.22. The zero-order valence-corrected chi connectivity index (χ0v) is 11.0. The SMILES string of the molecule is Cc1cc(NC(=O)C2CCOC2)cc(C(=O)O)c1C. The molecule has 0 aromatic heterocycles. The lowest BCUT2D eigenvalue weighted by Crippen LogP contribution is -2.23. The highest BCUT2D eigenvalue weighted by molar-refractivity contribution is 5.96. The van der Waals surface area contributed by atoms with Gasteiger partial charge in [-0.2, -0.15) is 0 Å². The van der Waals surface area contributed by atoms with Crippen molar-refractivity contribution in [2.24, 2.45) is 5.92 Å². The molecule has 1 aromatic carbocycles. The number of ether oxygens (including phenoxy) is 1. The van der Waals surface area contributed by atoms with Crippen LogP contribution in [0, 0.1) is 19.8 Å². The summed E-state index contributed by atoms with van der Waals surface area (Å²) in [6.07, 6.45) is 0.711. The Morgan fingerprint density at radius 1 is 1.37 bits per heavy atom. The molecule has 1 amide bonds. The molecule has 1 aliphatic rings. The molecule has 0 saturated carbocycles. The maximum atomic E-state index is 12.0. The first-order chi connectivity index (χ1) is 8.99. The molecule has 1 unspecified atom stereocenters. The summed E-state index contributed by atoms with van der Waals surface area (Å²) in [6.45, 7) is 4.62. The Balaban J connectivity index is 2.20. The molecule has 5 heteroatoms. The molecule has 0 bridgehead atoms. The van der Waals surface area contributed by atoms with Crippen LogP contribution >= 0.6 is 0 Å². The fraction of sp³-hybridized carbons (Fsp3) is 0.429. The highest BCUT2D eigenvalue weighted by Gasteiger charge is 2.24. The Hall–Kier alpha value is -1.88. The average molecular weight is 263 g/mol. The van der Waals surface area contributed by atoms with Crippen LogP contribution in [0.1, 0.15) is 27.9 Å². The molecule has 1 aliphatic heterocycles. The largest absolute Gasteiger partial charge is 0.478 e. The van der Waals surface area contributed by atoms with E-state index in [0.29, 0.717) is 25.3 Å². The van der Waals surface area contributed by atoms with Gasteiger partial charge >= 0.3 is 5.97 Å². The third kappa shape index (κ3) is 2.93. The van der Waals surface area contributed by atoms with Crippen molar-refractivity contribution >= 4 is 17.6 Å². The van der Waals surface area contributed by atoms with Gasteiger partial charge < -0.3 is 15.2 Å². The molecular weight excluding hydrogens is 246 g/mol. The summed E-state index contributed by atoms with van der Waals surface area (Å²) >= 11 is 0. The quantitative estimate of drug-likeness (QED) is 0.874. The van der Waals surface area contributed by atoms with Crippen LogP contribution in [0.4, 0.5) is 5.69 Å². The minimum absolute atomic E-state index is 0.114. The van der Waals surface area contributed by atoms with E-state index in [-0.39, 0.29) is 17.4 Å². The van der Waals surface area contributed by atoms with Crippen molar-refractivity contribution in [1.82, 2.24) is 0 Å². The van der Waals surface area contributed by atoms with Crippen LogP contribution < -0.4 is 5.32 Å². The molecule has 2 rings (SSSR count). The lowest BCUT2D eigenvalue weighted by atomic mass is 10.0. The highest BCUT2D eigenvalue weighted by atomic mass is 16.5. The van der Waals surface area contributed by atoms with Crippen LogP contribution in [-0.4, -0.2) is 30.2 Å². The number of carboxylic acid groups (broad SMARTS) is 1. The maximum absolute atomic E-state index is 12.0. The monoisotopic (exact) mass is 263 g/mol. The molecule has 19 heavy (non-hydrogen) atoms. The van der Waals surface area contributed by atoms with Crippen LogP contribution in [0.5, 0.6) is 0 Å². The summed E-state index contributed by atoms with van der Waals surface area (Å²) in [4.78, 5) is 23.1. The van der Waals surface area contributed by atoms with E-state index in [1.54, 1.807) is 13.0 Å². The van der Waals surface area contributed by atoms with Gasteiger partial charge in [0.15, 0.2) is 0 Å². The number of aromatic carboxylic acids is 1. The molecule has 1 heterocycles. The Morgan fingerprint density at radius 2 is 2.11 bits per heavy atom. The lowest BCUT2D eigenvalue weighted by Gasteiger charge is -2.12. The van der Waals surface area contributed by atoms with Crippen molar-refractivity contribution in [1.29, 1.82) is 0 Å². The fourth-order valence-corrected chi connectivity index (χ4v) is 2.14. The number of hydrogen-bond acceptors (Lipinski definition) is 3. The second-order valence-corrected chi connectivity index (χ2v) is 4.82. The normalized spacial score (nSPS) is 18.3. The van der Waals surface area contributed by atoms with Crippen LogP contribution in [0.15, 0.2) is 12.1 Å². The van der Waals surface area contributed by atoms with Crippen LogP contribution in [-0.2, 0) is 9.53 Å². The summed E-state index contributed by atoms with van der Waals surface area (Å²) in [5, 5.41) is 11.9. The molecule has 1 fully saturated rings. The standard InChI is InChI=1S/C14H17NO4/c1-8-5-11(6-12(9(8)2)14(17)18)15-13(16)10-3-4-19-7-10/h5-6,10H,3-4,7H2,1-2H3,(H,15,16)(H,17,18). The number of carboxylic acids is 1. The number of benzene rings is 1. The topological polar surface area (TPSA) is 75.6 Å². The Morgan fingerprint density at radius 3 is 2.68 bits per heavy atom. The van der Waals surface area contributed by atoms with E-state index in [1.807, 2.05) is 6.92 Å². The number of rotatable bonds is 3. The van der Waals surface area contributed by atoms with Gasteiger partial charge in [-0.1, -0.05) is 0 Å². The van der Waals surface area contributed by atoms with Crippen molar-refractivity contribution in [2.75, 3.05) is 18.5 Å². The first kappa shape index (κ1) is 13.5. The summed E-state index contributed by atoms with van der Waals surface area (Å²) in [5.74, 6) is -1.24. The molecule has 0 aliphatic carbocycles. The van der Waals surface area contributed by atoms with E-state index in [0.717, 1.165) is 11.1 Å². The molecular formula is C14H17NO4. The second kappa shape index (κ2) is 5.40. The van der Waals surface area contributed by atoms with E-state index in [9.17, 15) is 9.59 Å². The summed E-state index contributed by atoms with van der Waals surface area (Å²) in [6, 6.07) is 3.29. The Labute approximate surface area is 111 Å². The van der Waals surface area contributed by atoms with Gasteiger partial charge in [0.2, 0.25) is 5.91 Å². The Bertz CT molecular complexity index is 518. The van der Waals surface area contributed by atoms with Crippen molar-refractivity contribution in [2.45, 2.75) is 20.3 Å². The number of aryl methyl sites for hydroxylation is 1. The van der Waals surface area contributed by atoms with Crippen LogP contribution in [0.2, 0.25) is 0 Å². The molecule has 2 N–H and O–H groups in total. The van der Waals surface area contributed by atoms with Crippen LogP contribution in [0.3, 0.4) is 0 Å². The van der Waals surface area contributed by atoms with Crippen molar-refractivity contribution in [3.05, 3.63) is 28.8 Å². The van der Waals surface area contributed by atoms with Gasteiger partial charge in [0, 0.05) is 12.3 Å². The summed E-state index contributed by atoms with van der Waals surface area (Å²) in [7, 11) is 0. The lowest BCUT2D eigenvalue weighted by molar-refractivity contribution is -0.119. The molecule has 5 nitrogen and oxygen atoms in total. The molecule has 102 valence electrons. The van der Waals surface area contributed by atoms with Gasteiger partial charge in [-0.15, -0.1) is 0 Å². The van der Waals surface area contributed by atoms with Gasteiger partial charge in [0.25, 0.3) is 0 Å². The number of hydrogen-bond donors (Lipinski definition) is 2. The van der Waals surface area contributed by atoms with Gasteiger partial charge in [-0.25, -0.2) is 4.79 Å². The number of anilines is 1. The van der Waals surface area contributed by atoms with Crippen molar-refractivity contribution in [3.63, 3.8) is 0 Å². The average Bonchev–Trinajstić information content (AvgIpc) is 2.86. The third-order valence-corrected chi connectivity index (χ3v) is 3.47. The predicted octanol–water partition coefficient (Wildman–Crippen LogP) is 1.98. The number of carbonyl (C=O) groups is 2. The first-order valence-corrected chi connectivity index (χ1v) is 6.22. The maximum Gasteiger partial charge on any atom is 0.336 e. The minimum atomic E-state index is -0.985. The molecule has 1 aromatic rings. The van der Waals surface area contributed by atoms with Crippen LogP contribution in [0.25, 0.3) is 0 Å². The van der Waals surface area contributed by atoms with E-state index in [1.165, 1.54) is 6.07 Å². The number of amides is 1. The smallest absolute Gasteiger partial charge is 0.336 e. The van der Waals surface area contributed by atoms with Crippen molar-refractivity contribution < 1.29 is 19.4 Å². The third-order valence-electron chi connectivity index (χ3n) is 3.47. The number of carbonyl (C=O) groups excluding carboxylic acids is 1. The second-order valence-electron chi connectivity index (χ2n) is 4.82. The van der Waals surface area contributed by atoms with E-state index in [4.69, 9.17) is 9.84 Å². The molecule has 0 radical (unpaired) electrons. The van der Waals surface area contributed by atoms with Gasteiger partial charge in [-0.05, 0) is 43.5 Å². The van der Waals surface area contributed by atoms with E-state index >= 15 is 0 Å². The predicted molar refractivity (Wildman–Crippen MR) is 70.4 cm³/mol. The van der Waals surface area contributed by atoms with E-state index < -0.39 is 5.97 Å². The molecule has 1 atom stereocenters. The summed E-state index contributed by atoms with van der Waals surface area (Å²) in [5.41, 5.74) is 2.31. The zero-order valence-electron chi connectivity index (χ0n) is 11.0. The van der Waals surface area contributed by atoms with Gasteiger partial charge in [-0.3, -0.25) is 4.79 Å². The Kier molecular flexibility index (Phi) is 3.85. The first-order valence-electron chi connectivity index (χ1n) is 6.22. The zero-order chi connectivity index (χ0) is 14.0. The summed E-state index contributed by atoms with van der Waals surface area (Å²) < 4.78 is 5.17. The fourth-order valence-electron chi connectivity index (χ4n) is 2.14. The van der Waals surface area contributed by atoms with Crippen molar-refractivity contribution in [3.8, 4) is 0 Å². The van der Waals surface area contributed by atoms with Gasteiger partial charge in [0.1, 0.15) is 0 Å². The molecule has 1 saturated heterocycles. The van der Waals surface area contributed by atoms with E-state index in [2.05, 4.69) is 5.32 Å². The van der Waals surface area contributed by atoms with Gasteiger partial charge in [0.05, 0.1) is 18.1 Å².